The minimum atomic E-state index is -0.677. The van der Waals surface area contributed by atoms with Crippen molar-refractivity contribution in [2.45, 2.75) is 38.2 Å². The summed E-state index contributed by atoms with van der Waals surface area (Å²) in [5.74, 6) is 0.101. The van der Waals surface area contributed by atoms with Gasteiger partial charge in [-0.15, -0.1) is 0 Å². The lowest BCUT2D eigenvalue weighted by molar-refractivity contribution is -0.169. The molecular weight excluding hydrogens is 332 g/mol. The fourth-order valence-corrected chi connectivity index (χ4v) is 4.42. The maximum Gasteiger partial charge on any atom is 0.317 e. The molecule has 2 aliphatic carbocycles. The van der Waals surface area contributed by atoms with Crippen LogP contribution in [0.5, 0.6) is 0 Å². The fourth-order valence-electron chi connectivity index (χ4n) is 4.16. The zero-order valence-electron chi connectivity index (χ0n) is 11.7. The fraction of sp³-hybridized carbons (Fsp3) is 0.412. The second-order valence-corrected chi connectivity index (χ2v) is 7.17. The van der Waals surface area contributed by atoms with Crippen LogP contribution >= 0.6 is 15.9 Å². The van der Waals surface area contributed by atoms with E-state index < -0.39 is 5.41 Å². The van der Waals surface area contributed by atoms with Gasteiger partial charge in [0.25, 0.3) is 0 Å². The molecule has 2 heterocycles. The van der Waals surface area contributed by atoms with Crippen LogP contribution in [0.25, 0.3) is 0 Å². The Labute approximate surface area is 131 Å². The van der Waals surface area contributed by atoms with Gasteiger partial charge in [-0.3, -0.25) is 9.59 Å². The Hall–Kier alpha value is -1.42. The third-order valence-electron chi connectivity index (χ3n) is 5.27. The number of hydrogen-bond donors (Lipinski definition) is 0. The Kier molecular flexibility index (Phi) is 2.71. The van der Waals surface area contributed by atoms with Crippen LogP contribution in [0.1, 0.15) is 37.7 Å². The highest BCUT2D eigenvalue weighted by atomic mass is 79.9. The van der Waals surface area contributed by atoms with Crippen molar-refractivity contribution in [2.75, 3.05) is 0 Å². The SMILES string of the molecule is C[C@]12C(=O)O[C@H](C[C@H]1c1ccc(Br)cc1)C1=C2CCC1=O. The number of halogens is 1. The highest BCUT2D eigenvalue weighted by molar-refractivity contribution is 9.10. The van der Waals surface area contributed by atoms with Crippen LogP contribution in [-0.2, 0) is 14.3 Å². The van der Waals surface area contributed by atoms with Crippen molar-refractivity contribution >= 4 is 27.7 Å². The monoisotopic (exact) mass is 346 g/mol. The Bertz CT molecular complexity index is 688. The molecule has 1 fully saturated rings. The average Bonchev–Trinajstić information content (AvgIpc) is 2.86. The number of carbonyl (C=O) groups excluding carboxylic acids is 2. The smallest absolute Gasteiger partial charge is 0.317 e. The number of carbonyl (C=O) groups is 2. The topological polar surface area (TPSA) is 43.4 Å². The van der Waals surface area contributed by atoms with Gasteiger partial charge in [0.05, 0.1) is 5.41 Å². The van der Waals surface area contributed by atoms with Gasteiger partial charge in [0.1, 0.15) is 6.10 Å². The quantitative estimate of drug-likeness (QED) is 0.730. The molecule has 4 aliphatic rings. The number of Topliss-reactive ketones (excluding diaryl/α,β-unsaturated/α-hetero) is 1. The van der Waals surface area contributed by atoms with Crippen molar-refractivity contribution in [2.24, 2.45) is 5.41 Å². The van der Waals surface area contributed by atoms with Gasteiger partial charge in [-0.1, -0.05) is 28.1 Å². The average molecular weight is 347 g/mol. The molecule has 0 radical (unpaired) electrons. The highest BCUT2D eigenvalue weighted by Crippen LogP contribution is 2.58. The van der Waals surface area contributed by atoms with E-state index in [1.54, 1.807) is 0 Å². The van der Waals surface area contributed by atoms with Crippen LogP contribution in [-0.4, -0.2) is 17.9 Å². The van der Waals surface area contributed by atoms with E-state index in [2.05, 4.69) is 28.1 Å². The van der Waals surface area contributed by atoms with Gasteiger partial charge in [-0.25, -0.2) is 0 Å². The molecule has 3 nitrogen and oxygen atoms in total. The first-order valence-corrected chi connectivity index (χ1v) is 8.04. The molecule has 1 saturated heterocycles. The number of fused-ring (bicyclic) bond motifs is 2. The van der Waals surface area contributed by atoms with Crippen molar-refractivity contribution in [1.29, 1.82) is 0 Å². The lowest BCUT2D eigenvalue weighted by atomic mass is 9.60. The van der Waals surface area contributed by atoms with Gasteiger partial charge >= 0.3 is 5.97 Å². The van der Waals surface area contributed by atoms with E-state index in [1.807, 2.05) is 19.1 Å². The first-order valence-electron chi connectivity index (χ1n) is 7.25. The third kappa shape index (κ3) is 1.65. The van der Waals surface area contributed by atoms with Gasteiger partial charge < -0.3 is 4.74 Å². The molecule has 0 aromatic heterocycles. The van der Waals surface area contributed by atoms with Crippen LogP contribution in [0.2, 0.25) is 0 Å². The minimum Gasteiger partial charge on any atom is -0.457 e. The van der Waals surface area contributed by atoms with Gasteiger partial charge in [-0.2, -0.15) is 0 Å². The molecule has 1 aromatic rings. The predicted molar refractivity (Wildman–Crippen MR) is 80.8 cm³/mol. The summed E-state index contributed by atoms with van der Waals surface area (Å²) in [4.78, 5) is 24.6. The van der Waals surface area contributed by atoms with Crippen LogP contribution in [0.4, 0.5) is 0 Å². The second-order valence-electron chi connectivity index (χ2n) is 6.25. The molecule has 0 amide bonds. The van der Waals surface area contributed by atoms with Crippen LogP contribution in [0, 0.1) is 5.41 Å². The first-order chi connectivity index (χ1) is 10.0. The summed E-state index contributed by atoms with van der Waals surface area (Å²) in [5, 5.41) is 0. The summed E-state index contributed by atoms with van der Waals surface area (Å²) in [6.07, 6.45) is 1.62. The molecule has 108 valence electrons. The summed E-state index contributed by atoms with van der Waals surface area (Å²) in [6, 6.07) is 8.12. The van der Waals surface area contributed by atoms with E-state index in [0.29, 0.717) is 19.3 Å². The van der Waals surface area contributed by atoms with Crippen LogP contribution in [0.15, 0.2) is 39.9 Å². The number of benzene rings is 1. The number of ether oxygens (including phenoxy) is 1. The third-order valence-corrected chi connectivity index (χ3v) is 5.80. The molecule has 0 spiro atoms. The maximum atomic E-state index is 12.5. The molecule has 0 saturated carbocycles. The van der Waals surface area contributed by atoms with E-state index in [-0.39, 0.29) is 23.8 Å². The highest BCUT2D eigenvalue weighted by Gasteiger charge is 2.59. The summed E-state index contributed by atoms with van der Waals surface area (Å²) in [7, 11) is 0. The van der Waals surface area contributed by atoms with E-state index >= 15 is 0 Å². The molecule has 5 rings (SSSR count). The first kappa shape index (κ1) is 13.3. The van der Waals surface area contributed by atoms with Crippen molar-refractivity contribution in [3.63, 3.8) is 0 Å². The maximum absolute atomic E-state index is 12.5. The number of ketones is 1. The Morgan fingerprint density at radius 2 is 1.90 bits per heavy atom. The van der Waals surface area contributed by atoms with Crippen LogP contribution in [0.3, 0.4) is 0 Å². The molecule has 4 heteroatoms. The minimum absolute atomic E-state index is 0.0986. The van der Waals surface area contributed by atoms with Gasteiger partial charge in [0.15, 0.2) is 5.78 Å². The summed E-state index contributed by atoms with van der Waals surface area (Å²) in [6.45, 7) is 1.95. The number of hydrogen-bond acceptors (Lipinski definition) is 3. The van der Waals surface area contributed by atoms with Crippen molar-refractivity contribution in [1.82, 2.24) is 0 Å². The summed E-state index contributed by atoms with van der Waals surface area (Å²) < 4.78 is 6.55. The van der Waals surface area contributed by atoms with Crippen LogP contribution < -0.4 is 0 Å². The largest absolute Gasteiger partial charge is 0.457 e. The zero-order chi connectivity index (χ0) is 14.8. The van der Waals surface area contributed by atoms with Crippen molar-refractivity contribution in [3.8, 4) is 0 Å². The van der Waals surface area contributed by atoms with Gasteiger partial charge in [-0.05, 0) is 43.0 Å². The molecule has 1 aromatic carbocycles. The van der Waals surface area contributed by atoms with E-state index in [9.17, 15) is 9.59 Å². The second kappa shape index (κ2) is 4.29. The molecular formula is C17H15BrO3. The molecule has 0 N–H and O–H groups in total. The molecule has 0 unspecified atom stereocenters. The Morgan fingerprint density at radius 3 is 2.62 bits per heavy atom. The normalized spacial score (nSPS) is 34.2. The van der Waals surface area contributed by atoms with E-state index in [1.165, 1.54) is 0 Å². The van der Waals surface area contributed by atoms with Crippen molar-refractivity contribution < 1.29 is 14.3 Å². The number of rotatable bonds is 1. The lowest BCUT2D eigenvalue weighted by Crippen LogP contribution is -2.51. The lowest BCUT2D eigenvalue weighted by Gasteiger charge is -2.49. The standard InChI is InChI=1S/C17H15BrO3/c1-17-11-6-7-13(19)15(11)14(21-16(17)20)8-12(17)9-2-4-10(18)5-3-9/h2-5,12,14H,6-8H2,1H3/t12-,14+,17+/m0/s1. The number of esters is 1. The summed E-state index contributed by atoms with van der Waals surface area (Å²) in [5.41, 5.74) is 2.30. The molecule has 2 bridgehead atoms. The Morgan fingerprint density at radius 1 is 1.19 bits per heavy atom. The molecule has 21 heavy (non-hydrogen) atoms. The van der Waals surface area contributed by atoms with E-state index in [0.717, 1.165) is 21.2 Å². The van der Waals surface area contributed by atoms with Gasteiger partial charge in [0.2, 0.25) is 0 Å². The Balaban J connectivity index is 1.86. The summed E-state index contributed by atoms with van der Waals surface area (Å²) >= 11 is 3.44. The van der Waals surface area contributed by atoms with Crippen molar-refractivity contribution in [3.05, 3.63) is 45.4 Å². The molecule has 2 aliphatic heterocycles. The zero-order valence-corrected chi connectivity index (χ0v) is 13.3. The molecule has 3 atom stereocenters. The van der Waals surface area contributed by atoms with E-state index in [4.69, 9.17) is 4.74 Å². The van der Waals surface area contributed by atoms with Gasteiger partial charge in [0, 0.05) is 22.4 Å². The predicted octanol–water partition coefficient (Wildman–Crippen LogP) is 3.53.